The highest BCUT2D eigenvalue weighted by atomic mass is 15.0. The molecule has 0 radical (unpaired) electrons. The molecule has 98 valence electrons. The van der Waals surface area contributed by atoms with Crippen LogP contribution in [0.3, 0.4) is 0 Å². The summed E-state index contributed by atoms with van der Waals surface area (Å²) in [6, 6.07) is 19.7. The van der Waals surface area contributed by atoms with Crippen LogP contribution in [0, 0.1) is 0 Å². The van der Waals surface area contributed by atoms with Gasteiger partial charge in [0.15, 0.2) is 0 Å². The monoisotopic (exact) mass is 251 g/mol. The van der Waals surface area contributed by atoms with Gasteiger partial charge in [0.2, 0.25) is 0 Å². The van der Waals surface area contributed by atoms with Crippen LogP contribution in [0.4, 0.5) is 0 Å². The predicted molar refractivity (Wildman–Crippen MR) is 80.3 cm³/mol. The summed E-state index contributed by atoms with van der Waals surface area (Å²) in [5.74, 6) is 0. The first kappa shape index (κ1) is 12.4. The number of aryl methyl sites for hydroxylation is 1. The Labute approximate surface area is 115 Å². The van der Waals surface area contributed by atoms with E-state index in [9.17, 15) is 0 Å². The molecule has 0 unspecified atom stereocenters. The molecule has 0 amide bonds. The zero-order valence-electron chi connectivity index (χ0n) is 11.5. The number of rotatable bonds is 2. The molecule has 1 heterocycles. The number of benzene rings is 2. The van der Waals surface area contributed by atoms with Gasteiger partial charge in [-0.3, -0.25) is 0 Å². The van der Waals surface area contributed by atoms with Crippen LogP contribution in [0.15, 0.2) is 54.6 Å². The van der Waals surface area contributed by atoms with Gasteiger partial charge < -0.3 is 5.32 Å². The standard InChI is InChI=1S/C18H21N/c1-18(14-15-8-3-2-4-9-15)17-12-6-5-10-16(17)11-7-13-19-18/h2-6,8-10,12,19H,7,11,13-14H2,1H3/t18-/m1/s1. The average molecular weight is 251 g/mol. The Kier molecular flexibility index (Phi) is 3.39. The molecule has 0 spiro atoms. The van der Waals surface area contributed by atoms with Gasteiger partial charge in [-0.2, -0.15) is 0 Å². The third kappa shape index (κ3) is 2.57. The third-order valence-corrected chi connectivity index (χ3v) is 4.15. The van der Waals surface area contributed by atoms with E-state index in [1.807, 2.05) is 0 Å². The van der Waals surface area contributed by atoms with Gasteiger partial charge in [0.05, 0.1) is 0 Å². The van der Waals surface area contributed by atoms with Crippen molar-refractivity contribution < 1.29 is 0 Å². The predicted octanol–water partition coefficient (Wildman–Crippen LogP) is 3.68. The van der Waals surface area contributed by atoms with Gasteiger partial charge >= 0.3 is 0 Å². The Hall–Kier alpha value is -1.60. The lowest BCUT2D eigenvalue weighted by atomic mass is 9.83. The van der Waals surface area contributed by atoms with Crippen molar-refractivity contribution in [2.45, 2.75) is 31.7 Å². The van der Waals surface area contributed by atoms with E-state index in [4.69, 9.17) is 0 Å². The van der Waals surface area contributed by atoms with Gasteiger partial charge in [0.1, 0.15) is 0 Å². The van der Waals surface area contributed by atoms with Crippen LogP contribution >= 0.6 is 0 Å². The van der Waals surface area contributed by atoms with Crippen molar-refractivity contribution in [1.29, 1.82) is 0 Å². The molecule has 1 heteroatoms. The topological polar surface area (TPSA) is 12.0 Å². The molecule has 2 aromatic carbocycles. The number of fused-ring (bicyclic) bond motifs is 1. The van der Waals surface area contributed by atoms with E-state index in [0.717, 1.165) is 13.0 Å². The smallest absolute Gasteiger partial charge is 0.0449 e. The first-order chi connectivity index (χ1) is 9.28. The molecule has 1 aliphatic heterocycles. The fourth-order valence-corrected chi connectivity index (χ4v) is 3.18. The van der Waals surface area contributed by atoms with E-state index in [2.05, 4.69) is 66.8 Å². The molecular formula is C18H21N. The summed E-state index contributed by atoms with van der Waals surface area (Å²) >= 11 is 0. The van der Waals surface area contributed by atoms with Gasteiger partial charge in [-0.1, -0.05) is 54.6 Å². The first-order valence-electron chi connectivity index (χ1n) is 7.15. The molecule has 0 aliphatic carbocycles. The minimum atomic E-state index is 0.0500. The van der Waals surface area contributed by atoms with E-state index in [1.54, 1.807) is 0 Å². The zero-order chi connectivity index (χ0) is 13.1. The fourth-order valence-electron chi connectivity index (χ4n) is 3.18. The van der Waals surface area contributed by atoms with Crippen molar-refractivity contribution in [2.24, 2.45) is 0 Å². The molecule has 19 heavy (non-hydrogen) atoms. The van der Waals surface area contributed by atoms with Crippen molar-refractivity contribution in [3.8, 4) is 0 Å². The van der Waals surface area contributed by atoms with Gasteiger partial charge in [-0.05, 0) is 49.4 Å². The van der Waals surface area contributed by atoms with Crippen LogP contribution in [-0.2, 0) is 18.4 Å². The summed E-state index contributed by atoms with van der Waals surface area (Å²) in [5, 5.41) is 3.76. The largest absolute Gasteiger partial charge is 0.307 e. The fraction of sp³-hybridized carbons (Fsp3) is 0.333. The highest BCUT2D eigenvalue weighted by Gasteiger charge is 2.29. The molecule has 3 rings (SSSR count). The highest BCUT2D eigenvalue weighted by Crippen LogP contribution is 2.31. The quantitative estimate of drug-likeness (QED) is 0.858. The lowest BCUT2D eigenvalue weighted by Gasteiger charge is -2.32. The van der Waals surface area contributed by atoms with Crippen molar-refractivity contribution >= 4 is 0 Å². The van der Waals surface area contributed by atoms with Crippen LogP contribution in [0.1, 0.15) is 30.0 Å². The molecule has 0 saturated carbocycles. The van der Waals surface area contributed by atoms with Crippen LogP contribution in [0.25, 0.3) is 0 Å². The molecule has 1 nitrogen and oxygen atoms in total. The van der Waals surface area contributed by atoms with Crippen molar-refractivity contribution in [3.05, 3.63) is 71.3 Å². The third-order valence-electron chi connectivity index (χ3n) is 4.15. The molecule has 0 aromatic heterocycles. The summed E-state index contributed by atoms with van der Waals surface area (Å²) in [5.41, 5.74) is 4.42. The summed E-state index contributed by atoms with van der Waals surface area (Å²) in [4.78, 5) is 0. The SMILES string of the molecule is C[C@]1(Cc2ccccc2)NCCCc2ccccc21. The summed E-state index contributed by atoms with van der Waals surface area (Å²) in [6.07, 6.45) is 3.46. The second-order valence-corrected chi connectivity index (χ2v) is 5.68. The first-order valence-corrected chi connectivity index (χ1v) is 7.15. The van der Waals surface area contributed by atoms with E-state index < -0.39 is 0 Å². The Morgan fingerprint density at radius 3 is 2.58 bits per heavy atom. The molecule has 2 aromatic rings. The van der Waals surface area contributed by atoms with Crippen LogP contribution < -0.4 is 5.32 Å². The van der Waals surface area contributed by atoms with Crippen molar-refractivity contribution in [2.75, 3.05) is 6.54 Å². The maximum Gasteiger partial charge on any atom is 0.0449 e. The molecular weight excluding hydrogens is 230 g/mol. The molecule has 1 aliphatic rings. The normalized spacial score (nSPS) is 22.6. The minimum absolute atomic E-state index is 0.0500. The highest BCUT2D eigenvalue weighted by molar-refractivity contribution is 5.36. The van der Waals surface area contributed by atoms with Gasteiger partial charge in [0, 0.05) is 5.54 Å². The minimum Gasteiger partial charge on any atom is -0.307 e. The van der Waals surface area contributed by atoms with E-state index in [0.29, 0.717) is 0 Å². The Morgan fingerprint density at radius 1 is 1.00 bits per heavy atom. The van der Waals surface area contributed by atoms with E-state index in [1.165, 1.54) is 29.5 Å². The summed E-state index contributed by atoms with van der Waals surface area (Å²) < 4.78 is 0. The molecule has 0 saturated heterocycles. The van der Waals surface area contributed by atoms with E-state index in [-0.39, 0.29) is 5.54 Å². The molecule has 0 fully saturated rings. The maximum absolute atomic E-state index is 3.76. The second-order valence-electron chi connectivity index (χ2n) is 5.68. The van der Waals surface area contributed by atoms with Crippen molar-refractivity contribution in [1.82, 2.24) is 5.32 Å². The Bertz CT molecular complexity index is 547. The lowest BCUT2D eigenvalue weighted by Crippen LogP contribution is -2.41. The molecule has 0 bridgehead atoms. The van der Waals surface area contributed by atoms with Crippen molar-refractivity contribution in [3.63, 3.8) is 0 Å². The average Bonchev–Trinajstić information content (AvgIpc) is 2.60. The summed E-state index contributed by atoms with van der Waals surface area (Å²) in [6.45, 7) is 3.43. The second kappa shape index (κ2) is 5.18. The van der Waals surface area contributed by atoms with Crippen LogP contribution in [-0.4, -0.2) is 6.54 Å². The zero-order valence-corrected chi connectivity index (χ0v) is 11.5. The summed E-state index contributed by atoms with van der Waals surface area (Å²) in [7, 11) is 0. The number of hydrogen-bond donors (Lipinski definition) is 1. The van der Waals surface area contributed by atoms with Gasteiger partial charge in [-0.25, -0.2) is 0 Å². The number of hydrogen-bond acceptors (Lipinski definition) is 1. The van der Waals surface area contributed by atoms with Gasteiger partial charge in [-0.15, -0.1) is 0 Å². The Morgan fingerprint density at radius 2 is 1.74 bits per heavy atom. The molecule has 1 atom stereocenters. The number of nitrogens with one attached hydrogen (secondary N) is 1. The van der Waals surface area contributed by atoms with Gasteiger partial charge in [0.25, 0.3) is 0 Å². The molecule has 1 N–H and O–H groups in total. The maximum atomic E-state index is 3.76. The Balaban J connectivity index is 1.98. The van der Waals surface area contributed by atoms with Crippen LogP contribution in [0.5, 0.6) is 0 Å². The van der Waals surface area contributed by atoms with Crippen LogP contribution in [0.2, 0.25) is 0 Å². The van der Waals surface area contributed by atoms with E-state index >= 15 is 0 Å². The lowest BCUT2D eigenvalue weighted by molar-refractivity contribution is 0.371.